The molecule has 0 unspecified atom stereocenters. The average molecular weight is 293 g/mol. The summed E-state index contributed by atoms with van der Waals surface area (Å²) in [6.07, 6.45) is 1.76. The summed E-state index contributed by atoms with van der Waals surface area (Å²) in [5, 5.41) is 11.8. The second kappa shape index (κ2) is 5.75. The van der Waals surface area contributed by atoms with E-state index in [1.165, 1.54) is 0 Å². The van der Waals surface area contributed by atoms with E-state index in [1.807, 2.05) is 30.3 Å². The van der Waals surface area contributed by atoms with Crippen LogP contribution in [0.3, 0.4) is 0 Å². The Bertz CT molecular complexity index is 492. The van der Waals surface area contributed by atoms with E-state index in [9.17, 15) is 0 Å². The Balaban J connectivity index is 1.99. The Hall–Kier alpha value is -1.46. The van der Waals surface area contributed by atoms with Crippen molar-refractivity contribution in [2.24, 2.45) is 0 Å². The fourth-order valence-electron chi connectivity index (χ4n) is 1.39. The highest BCUT2D eigenvalue weighted by molar-refractivity contribution is 9.11. The Kier molecular flexibility index (Phi) is 4.06. The van der Waals surface area contributed by atoms with Gasteiger partial charge >= 0.3 is 0 Å². The van der Waals surface area contributed by atoms with Gasteiger partial charge in [-0.1, -0.05) is 40.7 Å². The topological polar surface area (TPSA) is 42.7 Å². The maximum absolute atomic E-state index is 4.38. The summed E-state index contributed by atoms with van der Waals surface area (Å²) < 4.78 is 0.924. The molecule has 88 valence electrons. The van der Waals surface area contributed by atoms with Gasteiger partial charge in [0.25, 0.3) is 0 Å². The smallest absolute Gasteiger partial charge is 0.0969 e. The van der Waals surface area contributed by atoms with Crippen LogP contribution in [0.4, 0.5) is 0 Å². The van der Waals surface area contributed by atoms with Crippen LogP contribution >= 0.6 is 15.9 Å². The number of aromatic nitrogens is 3. The lowest BCUT2D eigenvalue weighted by Gasteiger charge is -2.00. The molecule has 0 aliphatic carbocycles. The first-order valence-corrected chi connectivity index (χ1v) is 6.05. The highest BCUT2D eigenvalue weighted by atomic mass is 79.9. The molecule has 2 rings (SSSR count). The maximum atomic E-state index is 4.38. The van der Waals surface area contributed by atoms with E-state index in [2.05, 4.69) is 38.0 Å². The van der Waals surface area contributed by atoms with E-state index >= 15 is 0 Å². The lowest BCUT2D eigenvalue weighted by atomic mass is 10.3. The van der Waals surface area contributed by atoms with Crippen molar-refractivity contribution in [2.45, 2.75) is 6.54 Å². The van der Waals surface area contributed by atoms with E-state index in [1.54, 1.807) is 11.0 Å². The van der Waals surface area contributed by atoms with Crippen molar-refractivity contribution in [3.05, 3.63) is 53.3 Å². The van der Waals surface area contributed by atoms with Crippen molar-refractivity contribution in [1.29, 1.82) is 0 Å². The van der Waals surface area contributed by atoms with Gasteiger partial charge in [0.15, 0.2) is 0 Å². The number of nitrogens with zero attached hydrogens (tertiary/aromatic N) is 3. The number of benzene rings is 1. The van der Waals surface area contributed by atoms with Crippen LogP contribution in [0, 0.1) is 0 Å². The number of halogens is 1. The Morgan fingerprint density at radius 2 is 2.12 bits per heavy atom. The van der Waals surface area contributed by atoms with Gasteiger partial charge in [-0.15, -0.1) is 0 Å². The molecule has 1 heterocycles. The molecular weight excluding hydrogens is 280 g/mol. The van der Waals surface area contributed by atoms with Crippen LogP contribution in [0.2, 0.25) is 0 Å². The number of rotatable bonds is 5. The highest BCUT2D eigenvalue weighted by Gasteiger charge is 2.01. The molecule has 0 spiro atoms. The van der Waals surface area contributed by atoms with Gasteiger partial charge in [-0.05, 0) is 12.1 Å². The molecular formula is C12H13BrN4. The van der Waals surface area contributed by atoms with Gasteiger partial charge in [0.1, 0.15) is 0 Å². The molecule has 0 saturated carbocycles. The zero-order valence-electron chi connectivity index (χ0n) is 9.31. The average Bonchev–Trinajstić information content (AvgIpc) is 2.78. The molecule has 1 N–H and O–H groups in total. The lowest BCUT2D eigenvalue weighted by Crippen LogP contribution is -2.15. The maximum Gasteiger partial charge on any atom is 0.0969 e. The Morgan fingerprint density at radius 1 is 1.35 bits per heavy atom. The summed E-state index contributed by atoms with van der Waals surface area (Å²) in [6.45, 7) is 5.15. The van der Waals surface area contributed by atoms with Crippen LogP contribution in [0.1, 0.15) is 5.69 Å². The zero-order chi connectivity index (χ0) is 12.1. The van der Waals surface area contributed by atoms with Crippen LogP contribution in [-0.2, 0) is 6.54 Å². The molecule has 0 aliphatic heterocycles. The van der Waals surface area contributed by atoms with Crippen LogP contribution in [0.5, 0.6) is 0 Å². The molecule has 17 heavy (non-hydrogen) atoms. The number of hydrogen-bond acceptors (Lipinski definition) is 3. The van der Waals surface area contributed by atoms with E-state index in [0.717, 1.165) is 22.4 Å². The Morgan fingerprint density at radius 3 is 2.82 bits per heavy atom. The molecule has 5 heteroatoms. The highest BCUT2D eigenvalue weighted by Crippen LogP contribution is 2.04. The van der Waals surface area contributed by atoms with E-state index in [0.29, 0.717) is 6.54 Å². The van der Waals surface area contributed by atoms with Gasteiger partial charge in [0.2, 0.25) is 0 Å². The van der Waals surface area contributed by atoms with Crippen molar-refractivity contribution < 1.29 is 0 Å². The predicted molar refractivity (Wildman–Crippen MR) is 71.1 cm³/mol. The molecule has 0 atom stereocenters. The fourth-order valence-corrected chi connectivity index (χ4v) is 1.59. The van der Waals surface area contributed by atoms with Gasteiger partial charge in [-0.2, -0.15) is 15.0 Å². The van der Waals surface area contributed by atoms with Crippen molar-refractivity contribution in [1.82, 2.24) is 20.3 Å². The van der Waals surface area contributed by atoms with Crippen molar-refractivity contribution in [3.63, 3.8) is 0 Å². The molecule has 1 aromatic heterocycles. The summed E-state index contributed by atoms with van der Waals surface area (Å²) in [6, 6.07) is 9.84. The monoisotopic (exact) mass is 292 g/mol. The first-order chi connectivity index (χ1) is 8.25. The largest absolute Gasteiger partial charge is 0.306 e. The summed E-state index contributed by atoms with van der Waals surface area (Å²) in [7, 11) is 0. The van der Waals surface area contributed by atoms with Gasteiger partial charge in [0, 0.05) is 17.6 Å². The van der Waals surface area contributed by atoms with E-state index in [-0.39, 0.29) is 0 Å². The third kappa shape index (κ3) is 3.51. The van der Waals surface area contributed by atoms with E-state index < -0.39 is 0 Å². The molecule has 0 amide bonds. The summed E-state index contributed by atoms with van der Waals surface area (Å²) in [5.74, 6) is 0. The van der Waals surface area contributed by atoms with Crippen LogP contribution in [0.15, 0.2) is 47.6 Å². The quantitative estimate of drug-likeness (QED) is 0.919. The molecule has 0 radical (unpaired) electrons. The molecule has 4 nitrogen and oxygen atoms in total. The molecule has 0 saturated heterocycles. The van der Waals surface area contributed by atoms with E-state index in [4.69, 9.17) is 0 Å². The van der Waals surface area contributed by atoms with Crippen molar-refractivity contribution in [3.8, 4) is 5.69 Å². The minimum atomic E-state index is 0.678. The van der Waals surface area contributed by atoms with Crippen LogP contribution in [0.25, 0.3) is 5.69 Å². The predicted octanol–water partition coefficient (Wildman–Crippen LogP) is 2.27. The van der Waals surface area contributed by atoms with Crippen LogP contribution < -0.4 is 5.32 Å². The van der Waals surface area contributed by atoms with Gasteiger partial charge in [0.05, 0.1) is 17.6 Å². The molecule has 0 fully saturated rings. The van der Waals surface area contributed by atoms with Crippen molar-refractivity contribution >= 4 is 15.9 Å². The number of para-hydroxylation sites is 1. The number of hydrogen-bond donors (Lipinski definition) is 1. The summed E-state index contributed by atoms with van der Waals surface area (Å²) >= 11 is 3.29. The minimum Gasteiger partial charge on any atom is -0.306 e. The molecule has 0 bridgehead atoms. The Labute approximate surface area is 108 Å². The second-order valence-electron chi connectivity index (χ2n) is 3.58. The minimum absolute atomic E-state index is 0.678. The number of nitrogens with one attached hydrogen (secondary N) is 1. The molecule has 0 aliphatic rings. The molecule has 1 aromatic carbocycles. The normalized spacial score (nSPS) is 10.4. The van der Waals surface area contributed by atoms with Gasteiger partial charge in [-0.3, -0.25) is 0 Å². The lowest BCUT2D eigenvalue weighted by molar-refractivity contribution is 0.698. The third-order valence-corrected chi connectivity index (χ3v) is 2.43. The molecule has 2 aromatic rings. The fraction of sp³-hybridized carbons (Fsp3) is 0.167. The zero-order valence-corrected chi connectivity index (χ0v) is 10.9. The SMILES string of the molecule is C=C(Br)CNCc1cnn(-c2ccccc2)n1. The first kappa shape index (κ1) is 12.0. The third-order valence-electron chi connectivity index (χ3n) is 2.15. The summed E-state index contributed by atoms with van der Waals surface area (Å²) in [4.78, 5) is 1.62. The van der Waals surface area contributed by atoms with Gasteiger partial charge < -0.3 is 5.32 Å². The van der Waals surface area contributed by atoms with Crippen LogP contribution in [-0.4, -0.2) is 21.5 Å². The second-order valence-corrected chi connectivity index (χ2v) is 4.70. The van der Waals surface area contributed by atoms with Crippen molar-refractivity contribution in [2.75, 3.05) is 6.54 Å². The first-order valence-electron chi connectivity index (χ1n) is 5.26. The van der Waals surface area contributed by atoms with Gasteiger partial charge in [-0.25, -0.2) is 0 Å². The standard InChI is InChI=1S/C12H13BrN4/c1-10(13)7-14-8-11-9-15-17(16-11)12-5-3-2-4-6-12/h2-6,9,14H,1,7-8H2. The summed E-state index contributed by atoms with van der Waals surface area (Å²) in [5.41, 5.74) is 1.87.